The first-order valence-electron chi connectivity index (χ1n) is 6.70. The maximum atomic E-state index is 12.3. The summed E-state index contributed by atoms with van der Waals surface area (Å²) in [4.78, 5) is 13.6. The van der Waals surface area contributed by atoms with Gasteiger partial charge in [0.2, 0.25) is 5.91 Å². The van der Waals surface area contributed by atoms with E-state index in [1.165, 1.54) is 10.4 Å². The molecule has 0 spiro atoms. The Morgan fingerprint density at radius 3 is 3.11 bits per heavy atom. The van der Waals surface area contributed by atoms with E-state index in [2.05, 4.69) is 35.9 Å². The topological polar surface area (TPSA) is 41.1 Å². The van der Waals surface area contributed by atoms with E-state index >= 15 is 0 Å². The van der Waals surface area contributed by atoms with Crippen LogP contribution in [0.2, 0.25) is 0 Å². The molecule has 1 fully saturated rings. The lowest BCUT2D eigenvalue weighted by Crippen LogP contribution is -2.48. The lowest BCUT2D eigenvalue weighted by molar-refractivity contribution is -0.131. The quantitative estimate of drug-likeness (QED) is 0.878. The van der Waals surface area contributed by atoms with Crippen molar-refractivity contribution < 1.29 is 4.79 Å². The largest absolute Gasteiger partial charge is 0.351 e. The fraction of sp³-hybridized carbons (Fsp3) is 0.643. The summed E-state index contributed by atoms with van der Waals surface area (Å²) in [6.45, 7) is 6.72. The standard InChI is InChI=1S/C14H22N2OS/c1-3-11-5-8-18-12(11)9-16-13(17)14(2)6-4-7-15-10-14/h5,8,15H,3-4,6-7,9-10H2,1-2H3,(H,16,17). The number of aryl methyl sites for hydroxylation is 1. The highest BCUT2D eigenvalue weighted by molar-refractivity contribution is 7.10. The normalized spacial score (nSPS) is 23.9. The molecule has 18 heavy (non-hydrogen) atoms. The van der Waals surface area contributed by atoms with Crippen LogP contribution < -0.4 is 10.6 Å². The van der Waals surface area contributed by atoms with Gasteiger partial charge in [-0.25, -0.2) is 0 Å². The van der Waals surface area contributed by atoms with Crippen LogP contribution in [0.25, 0.3) is 0 Å². The van der Waals surface area contributed by atoms with Gasteiger partial charge in [0.1, 0.15) is 0 Å². The molecule has 1 aliphatic rings. The molecule has 0 saturated carbocycles. The molecule has 2 N–H and O–H groups in total. The number of thiophene rings is 1. The predicted molar refractivity (Wildman–Crippen MR) is 75.8 cm³/mol. The van der Waals surface area contributed by atoms with E-state index in [-0.39, 0.29) is 11.3 Å². The molecule has 0 aliphatic carbocycles. The SMILES string of the molecule is CCc1ccsc1CNC(=O)C1(C)CCCNC1. The fourth-order valence-electron chi connectivity index (χ4n) is 2.46. The molecule has 2 rings (SSSR count). The third-order valence-electron chi connectivity index (χ3n) is 3.77. The number of carbonyl (C=O) groups excluding carboxylic acids is 1. The van der Waals surface area contributed by atoms with Crippen LogP contribution in [0.1, 0.15) is 37.1 Å². The summed E-state index contributed by atoms with van der Waals surface area (Å²) in [5.74, 6) is 0.185. The molecule has 1 aliphatic heterocycles. The third-order valence-corrected chi connectivity index (χ3v) is 4.74. The maximum Gasteiger partial charge on any atom is 0.227 e. The Balaban J connectivity index is 1.91. The maximum absolute atomic E-state index is 12.3. The molecule has 4 heteroatoms. The van der Waals surface area contributed by atoms with Gasteiger partial charge in [-0.1, -0.05) is 6.92 Å². The average Bonchev–Trinajstić information content (AvgIpc) is 2.84. The Hall–Kier alpha value is -0.870. The summed E-state index contributed by atoms with van der Waals surface area (Å²) in [6.07, 6.45) is 3.10. The molecular weight excluding hydrogens is 244 g/mol. The number of piperidine rings is 1. The van der Waals surface area contributed by atoms with E-state index in [0.29, 0.717) is 6.54 Å². The third kappa shape index (κ3) is 2.93. The zero-order valence-corrected chi connectivity index (χ0v) is 12.0. The van der Waals surface area contributed by atoms with E-state index in [1.54, 1.807) is 11.3 Å². The lowest BCUT2D eigenvalue weighted by atomic mass is 9.82. The van der Waals surface area contributed by atoms with Gasteiger partial charge in [-0.15, -0.1) is 11.3 Å². The molecule has 0 bridgehead atoms. The zero-order chi connectivity index (χ0) is 13.0. The summed E-state index contributed by atoms with van der Waals surface area (Å²) < 4.78 is 0. The van der Waals surface area contributed by atoms with E-state index in [1.807, 2.05) is 0 Å². The van der Waals surface area contributed by atoms with Crippen molar-refractivity contribution in [2.45, 2.75) is 39.7 Å². The first-order chi connectivity index (χ1) is 8.65. The summed E-state index contributed by atoms with van der Waals surface area (Å²) in [5.41, 5.74) is 1.12. The monoisotopic (exact) mass is 266 g/mol. The van der Waals surface area contributed by atoms with Crippen LogP contribution in [0.5, 0.6) is 0 Å². The number of amides is 1. The van der Waals surface area contributed by atoms with Gasteiger partial charge in [-0.05, 0) is 49.7 Å². The molecule has 1 amide bonds. The fourth-order valence-corrected chi connectivity index (χ4v) is 3.38. The summed E-state index contributed by atoms with van der Waals surface area (Å²) in [5, 5.41) is 8.52. The van der Waals surface area contributed by atoms with E-state index in [0.717, 1.165) is 32.4 Å². The van der Waals surface area contributed by atoms with Crippen LogP contribution in [0, 0.1) is 5.41 Å². The molecule has 100 valence electrons. The van der Waals surface area contributed by atoms with Crippen molar-refractivity contribution in [2.75, 3.05) is 13.1 Å². The number of rotatable bonds is 4. The van der Waals surface area contributed by atoms with E-state index in [9.17, 15) is 4.79 Å². The Bertz CT molecular complexity index is 408. The number of nitrogens with one attached hydrogen (secondary N) is 2. The second kappa shape index (κ2) is 5.85. The van der Waals surface area contributed by atoms with Crippen molar-refractivity contribution >= 4 is 17.2 Å². The van der Waals surface area contributed by atoms with Crippen LogP contribution in [-0.4, -0.2) is 19.0 Å². The molecule has 1 saturated heterocycles. The summed E-state index contributed by atoms with van der Waals surface area (Å²) in [7, 11) is 0. The van der Waals surface area contributed by atoms with Crippen LogP contribution in [-0.2, 0) is 17.8 Å². The van der Waals surface area contributed by atoms with E-state index < -0.39 is 0 Å². The van der Waals surface area contributed by atoms with Gasteiger partial charge >= 0.3 is 0 Å². The highest BCUT2D eigenvalue weighted by Crippen LogP contribution is 2.26. The Morgan fingerprint density at radius 2 is 2.44 bits per heavy atom. The zero-order valence-electron chi connectivity index (χ0n) is 11.2. The van der Waals surface area contributed by atoms with Crippen molar-refractivity contribution in [2.24, 2.45) is 5.41 Å². The van der Waals surface area contributed by atoms with Gasteiger partial charge in [0.05, 0.1) is 12.0 Å². The van der Waals surface area contributed by atoms with Crippen molar-refractivity contribution in [3.8, 4) is 0 Å². The van der Waals surface area contributed by atoms with Crippen LogP contribution in [0.15, 0.2) is 11.4 Å². The highest BCUT2D eigenvalue weighted by Gasteiger charge is 2.34. The number of hydrogen-bond donors (Lipinski definition) is 2. The molecule has 1 unspecified atom stereocenters. The number of hydrogen-bond acceptors (Lipinski definition) is 3. The van der Waals surface area contributed by atoms with Gasteiger partial charge in [0.25, 0.3) is 0 Å². The van der Waals surface area contributed by atoms with E-state index in [4.69, 9.17) is 0 Å². The average molecular weight is 266 g/mol. The van der Waals surface area contributed by atoms with Gasteiger partial charge in [0.15, 0.2) is 0 Å². The minimum absolute atomic E-state index is 0.185. The van der Waals surface area contributed by atoms with Gasteiger partial charge in [-0.3, -0.25) is 4.79 Å². The van der Waals surface area contributed by atoms with Crippen molar-refractivity contribution in [3.63, 3.8) is 0 Å². The second-order valence-electron chi connectivity index (χ2n) is 5.25. The second-order valence-corrected chi connectivity index (χ2v) is 6.25. The van der Waals surface area contributed by atoms with Crippen molar-refractivity contribution in [3.05, 3.63) is 21.9 Å². The van der Waals surface area contributed by atoms with Gasteiger partial charge < -0.3 is 10.6 Å². The summed E-state index contributed by atoms with van der Waals surface area (Å²) in [6, 6.07) is 2.15. The van der Waals surface area contributed by atoms with Crippen molar-refractivity contribution in [1.29, 1.82) is 0 Å². The van der Waals surface area contributed by atoms with Gasteiger partial charge in [0, 0.05) is 11.4 Å². The molecule has 3 nitrogen and oxygen atoms in total. The van der Waals surface area contributed by atoms with Crippen LogP contribution >= 0.6 is 11.3 Å². The minimum Gasteiger partial charge on any atom is -0.351 e. The Kier molecular flexibility index (Phi) is 4.40. The Morgan fingerprint density at radius 1 is 1.61 bits per heavy atom. The molecule has 1 aromatic rings. The number of carbonyl (C=O) groups is 1. The molecule has 2 heterocycles. The van der Waals surface area contributed by atoms with Crippen LogP contribution in [0.4, 0.5) is 0 Å². The molecule has 1 atom stereocenters. The first kappa shape index (κ1) is 13.6. The first-order valence-corrected chi connectivity index (χ1v) is 7.58. The lowest BCUT2D eigenvalue weighted by Gasteiger charge is -2.32. The molecule has 1 aromatic heterocycles. The van der Waals surface area contributed by atoms with Crippen molar-refractivity contribution in [1.82, 2.24) is 10.6 Å². The molecule has 0 aromatic carbocycles. The predicted octanol–water partition coefficient (Wildman–Crippen LogP) is 2.32. The van der Waals surface area contributed by atoms with Crippen LogP contribution in [0.3, 0.4) is 0 Å². The smallest absolute Gasteiger partial charge is 0.227 e. The highest BCUT2D eigenvalue weighted by atomic mass is 32.1. The van der Waals surface area contributed by atoms with Gasteiger partial charge in [-0.2, -0.15) is 0 Å². The molecular formula is C14H22N2OS. The minimum atomic E-state index is -0.234. The molecule has 0 radical (unpaired) electrons. The summed E-state index contributed by atoms with van der Waals surface area (Å²) >= 11 is 1.73. The Labute approximate surface area is 113 Å².